The lowest BCUT2D eigenvalue weighted by Crippen LogP contribution is -2.80. The Bertz CT molecular complexity index is 1360. The van der Waals surface area contributed by atoms with Crippen LogP contribution in [0.5, 0.6) is 0 Å². The van der Waals surface area contributed by atoms with Crippen LogP contribution < -0.4 is 0 Å². The highest BCUT2D eigenvalue weighted by molar-refractivity contribution is 5.87. The third-order valence-corrected chi connectivity index (χ3v) is 6.04. The van der Waals surface area contributed by atoms with Gasteiger partial charge in [-0.05, 0) is 6.92 Å². The number of carbonyl (C=O) groups excluding carboxylic acids is 1. The quantitative estimate of drug-likeness (QED) is 0.0989. The molecule has 0 aromatic carbocycles. The predicted octanol–water partition coefficient (Wildman–Crippen LogP) is 10.5. The summed E-state index contributed by atoms with van der Waals surface area (Å²) in [6.45, 7) is 1.95. The third-order valence-electron chi connectivity index (χ3n) is 6.04. The molecule has 0 saturated heterocycles. The number of rotatable bonds is 14. The highest BCUT2D eigenvalue weighted by Crippen LogP contribution is 2.69. The van der Waals surface area contributed by atoms with E-state index in [4.69, 9.17) is 0 Å². The first-order chi connectivity index (χ1) is 21.8. The molecule has 0 rings (SSSR count). The van der Waals surface area contributed by atoms with E-state index in [0.29, 0.717) is 0 Å². The molecule has 0 aliphatic rings. The Morgan fingerprint density at radius 3 is 0.673 bits per heavy atom. The van der Waals surface area contributed by atoms with Crippen molar-refractivity contribution in [2.24, 2.45) is 0 Å². The van der Waals surface area contributed by atoms with E-state index >= 15 is 0 Å². The van der Waals surface area contributed by atoms with Crippen LogP contribution in [0.25, 0.3) is 0 Å². The molecule has 52 heavy (non-hydrogen) atoms. The lowest BCUT2D eigenvalue weighted by molar-refractivity contribution is -0.495. The van der Waals surface area contributed by atoms with Gasteiger partial charge in [-0.1, -0.05) is 6.58 Å². The topological polar surface area (TPSA) is 26.3 Å². The number of alkyl halides is 31. The van der Waals surface area contributed by atoms with Crippen molar-refractivity contribution in [2.45, 2.75) is 96.2 Å². The molecular weight excluding hydrogens is 849 g/mol. The minimum absolute atomic E-state index is 0.143. The molecule has 0 saturated carbocycles. The Morgan fingerprint density at radius 1 is 0.327 bits per heavy atom. The zero-order valence-electron chi connectivity index (χ0n) is 22.7. The zero-order valence-corrected chi connectivity index (χ0v) is 22.7. The van der Waals surface area contributed by atoms with Crippen LogP contribution in [0.4, 0.5) is 136 Å². The molecular formula is C19H5F31O2. The van der Waals surface area contributed by atoms with Crippen LogP contribution in [0.3, 0.4) is 0 Å². The molecule has 0 amide bonds. The number of hydrogen-bond donors (Lipinski definition) is 0. The number of hydrogen-bond acceptors (Lipinski definition) is 2. The second kappa shape index (κ2) is 12.0. The van der Waals surface area contributed by atoms with Gasteiger partial charge in [0.05, 0.1) is 0 Å². The maximum Gasteiger partial charge on any atom is 0.461 e. The average Bonchev–Trinajstić information content (AvgIpc) is 2.90. The highest BCUT2D eigenvalue weighted by atomic mass is 19.4. The molecule has 2 nitrogen and oxygen atoms in total. The average molecular weight is 854 g/mol. The van der Waals surface area contributed by atoms with E-state index in [9.17, 15) is 141 Å². The fourth-order valence-corrected chi connectivity index (χ4v) is 2.88. The van der Waals surface area contributed by atoms with Crippen molar-refractivity contribution >= 4 is 5.97 Å². The van der Waals surface area contributed by atoms with Crippen molar-refractivity contribution in [2.75, 3.05) is 0 Å². The molecule has 0 N–H and O–H groups in total. The Kier molecular flexibility index (Phi) is 11.3. The van der Waals surface area contributed by atoms with Crippen LogP contribution in [0.1, 0.15) is 6.92 Å². The fourth-order valence-electron chi connectivity index (χ4n) is 2.88. The number of halogens is 31. The zero-order chi connectivity index (χ0) is 43.4. The first-order valence-electron chi connectivity index (χ1n) is 11.1. The van der Waals surface area contributed by atoms with E-state index in [-0.39, 0.29) is 6.92 Å². The van der Waals surface area contributed by atoms with Gasteiger partial charge in [-0.25, -0.2) is 4.79 Å². The summed E-state index contributed by atoms with van der Waals surface area (Å²) in [4.78, 5) is 11.1. The molecule has 0 heterocycles. The van der Waals surface area contributed by atoms with Crippen LogP contribution in [0.15, 0.2) is 12.2 Å². The molecule has 0 spiro atoms. The molecule has 0 aliphatic carbocycles. The number of esters is 1. The SMILES string of the molecule is C=C(C)C(=O)OC(F)(C(F)(F)C(F)(F)F)C(F)(F)C(F)(F)C(F)(F)C(F)(F)C(F)(F)C(F)(F)C(F)(F)C(F)(F)C(F)(F)C(F)(F)C(F)(F)C(F)(F)F. The summed E-state index contributed by atoms with van der Waals surface area (Å²) >= 11 is 0. The predicted molar refractivity (Wildman–Crippen MR) is 96.2 cm³/mol. The summed E-state index contributed by atoms with van der Waals surface area (Å²) in [6.07, 6.45) is -16.7. The second-order valence-corrected chi connectivity index (χ2v) is 9.65. The molecule has 0 aliphatic heterocycles. The minimum Gasteiger partial charge on any atom is -0.413 e. The number of carbonyl (C=O) groups is 1. The van der Waals surface area contributed by atoms with Crippen molar-refractivity contribution in [1.29, 1.82) is 0 Å². The standard InChI is InChI=1S/C19H5F31O2/c1-3(2)4(51)52-17(44,16(42,43)19(48,49)50)14(38,39)12(34,35)10(30,31)8(26,27)6(22,23)5(20,21)7(24,25)9(28,29)11(32,33)13(36,37)15(40,41)18(45,46)47/h1H2,2H3. The van der Waals surface area contributed by atoms with E-state index in [1.807, 2.05) is 4.74 Å². The highest BCUT2D eigenvalue weighted by Gasteiger charge is 3.01. The van der Waals surface area contributed by atoms with Gasteiger partial charge in [0.1, 0.15) is 0 Å². The van der Waals surface area contributed by atoms with E-state index in [2.05, 4.69) is 6.58 Å². The molecule has 0 aromatic rings. The summed E-state index contributed by atoms with van der Waals surface area (Å²) in [5, 5.41) is 0. The maximum atomic E-state index is 14.6. The van der Waals surface area contributed by atoms with Crippen LogP contribution >= 0.6 is 0 Å². The normalized spacial score (nSPS) is 17.5. The van der Waals surface area contributed by atoms with Crippen molar-refractivity contribution in [1.82, 2.24) is 0 Å². The molecule has 0 radical (unpaired) electrons. The summed E-state index contributed by atoms with van der Waals surface area (Å²) in [7, 11) is 0. The first kappa shape index (κ1) is 49.0. The van der Waals surface area contributed by atoms with Gasteiger partial charge >= 0.3 is 95.2 Å². The molecule has 0 fully saturated rings. The van der Waals surface area contributed by atoms with Crippen LogP contribution in [0, 0.1) is 0 Å². The molecule has 0 bridgehead atoms. The van der Waals surface area contributed by atoms with E-state index < -0.39 is 101 Å². The maximum absolute atomic E-state index is 14.6. The Balaban J connectivity index is 7.93. The van der Waals surface area contributed by atoms with Gasteiger partial charge in [0.2, 0.25) is 0 Å². The lowest BCUT2D eigenvalue weighted by atomic mass is 9.83. The van der Waals surface area contributed by atoms with E-state index in [1.54, 1.807) is 0 Å². The summed E-state index contributed by atoms with van der Waals surface area (Å²) in [6, 6.07) is 0. The van der Waals surface area contributed by atoms with E-state index in [0.717, 1.165) is 0 Å². The van der Waals surface area contributed by atoms with Gasteiger partial charge < -0.3 is 4.74 Å². The molecule has 1 unspecified atom stereocenters. The van der Waals surface area contributed by atoms with Gasteiger partial charge in [-0.15, -0.1) is 0 Å². The summed E-state index contributed by atoms with van der Waals surface area (Å²) < 4.78 is 420. The first-order valence-corrected chi connectivity index (χ1v) is 11.1. The molecule has 33 heteroatoms. The van der Waals surface area contributed by atoms with Crippen LogP contribution in [-0.2, 0) is 9.53 Å². The van der Waals surface area contributed by atoms with Gasteiger partial charge in [-0.3, -0.25) is 0 Å². The third kappa shape index (κ3) is 5.72. The number of ether oxygens (including phenoxy) is 1. The fraction of sp³-hybridized carbons (Fsp3) is 0.842. The summed E-state index contributed by atoms with van der Waals surface area (Å²) in [5.41, 5.74) is -2.01. The second-order valence-electron chi connectivity index (χ2n) is 9.65. The Morgan fingerprint density at radius 2 is 0.500 bits per heavy atom. The summed E-state index contributed by atoms with van der Waals surface area (Å²) in [5.74, 6) is -129. The van der Waals surface area contributed by atoms with Gasteiger partial charge in [0, 0.05) is 5.57 Å². The molecule has 310 valence electrons. The monoisotopic (exact) mass is 854 g/mol. The smallest absolute Gasteiger partial charge is 0.413 e. The Labute approximate surface area is 261 Å². The lowest BCUT2D eigenvalue weighted by Gasteiger charge is -2.47. The van der Waals surface area contributed by atoms with Crippen LogP contribution in [0.2, 0.25) is 0 Å². The van der Waals surface area contributed by atoms with Crippen molar-refractivity contribution in [3.63, 3.8) is 0 Å². The largest absolute Gasteiger partial charge is 0.461 e. The van der Waals surface area contributed by atoms with Crippen molar-refractivity contribution in [3.05, 3.63) is 12.2 Å². The minimum atomic E-state index is -10.1. The van der Waals surface area contributed by atoms with Gasteiger partial charge in [0.25, 0.3) is 0 Å². The van der Waals surface area contributed by atoms with Gasteiger partial charge in [-0.2, -0.15) is 136 Å². The van der Waals surface area contributed by atoms with Crippen LogP contribution in [-0.4, -0.2) is 95.2 Å². The Hall–Kier alpha value is -2.96. The van der Waals surface area contributed by atoms with Crippen molar-refractivity contribution < 1.29 is 146 Å². The molecule has 0 aromatic heterocycles. The molecule has 1 atom stereocenters. The van der Waals surface area contributed by atoms with Crippen molar-refractivity contribution in [3.8, 4) is 0 Å². The van der Waals surface area contributed by atoms with E-state index in [1.165, 1.54) is 0 Å². The van der Waals surface area contributed by atoms with Gasteiger partial charge in [0.15, 0.2) is 0 Å².